The molecule has 0 spiro atoms. The molecule has 0 radical (unpaired) electrons. The molecule has 0 heterocycles. The lowest BCUT2D eigenvalue weighted by atomic mass is 10.1. The van der Waals surface area contributed by atoms with Gasteiger partial charge in [0.15, 0.2) is 0 Å². The Morgan fingerprint density at radius 2 is 1.76 bits per heavy atom. The Hall–Kier alpha value is -1.00. The van der Waals surface area contributed by atoms with Crippen molar-refractivity contribution in [3.8, 4) is 0 Å². The standard InChI is InChI=1S/C17H28F2N2/c1-4-21(5-2)13-9-10-15(3)20-14-17(18,19)16-11-7-6-8-12-16/h6-8,11-12,15,20H,4-5,9-10,13-14H2,1-3H3. The minimum atomic E-state index is -2.81. The van der Waals surface area contributed by atoms with Crippen LogP contribution in [-0.2, 0) is 5.92 Å². The van der Waals surface area contributed by atoms with Gasteiger partial charge >= 0.3 is 0 Å². The summed E-state index contributed by atoms with van der Waals surface area (Å²) in [6, 6.07) is 8.12. The number of hydrogen-bond donors (Lipinski definition) is 1. The Morgan fingerprint density at radius 3 is 2.33 bits per heavy atom. The number of hydrogen-bond acceptors (Lipinski definition) is 2. The highest BCUT2D eigenvalue weighted by atomic mass is 19.3. The third-order valence-corrected chi connectivity index (χ3v) is 3.87. The average molecular weight is 298 g/mol. The molecule has 1 aromatic rings. The van der Waals surface area contributed by atoms with Gasteiger partial charge in [-0.15, -0.1) is 0 Å². The van der Waals surface area contributed by atoms with E-state index in [-0.39, 0.29) is 18.2 Å². The van der Waals surface area contributed by atoms with Gasteiger partial charge in [0, 0.05) is 11.6 Å². The van der Waals surface area contributed by atoms with Gasteiger partial charge in [-0.1, -0.05) is 44.2 Å². The first kappa shape index (κ1) is 18.1. The molecule has 120 valence electrons. The van der Waals surface area contributed by atoms with E-state index >= 15 is 0 Å². The molecule has 0 fully saturated rings. The van der Waals surface area contributed by atoms with Crippen molar-refractivity contribution in [2.45, 2.75) is 45.6 Å². The zero-order valence-corrected chi connectivity index (χ0v) is 13.4. The van der Waals surface area contributed by atoms with E-state index in [2.05, 4.69) is 24.1 Å². The van der Waals surface area contributed by atoms with E-state index in [0.29, 0.717) is 0 Å². The van der Waals surface area contributed by atoms with Gasteiger partial charge in [-0.25, -0.2) is 0 Å². The number of nitrogens with one attached hydrogen (secondary N) is 1. The highest BCUT2D eigenvalue weighted by Crippen LogP contribution is 2.26. The predicted molar refractivity (Wildman–Crippen MR) is 84.8 cm³/mol. The van der Waals surface area contributed by atoms with E-state index < -0.39 is 5.92 Å². The maximum absolute atomic E-state index is 14.0. The molecular formula is C17H28F2N2. The molecule has 0 amide bonds. The maximum Gasteiger partial charge on any atom is 0.285 e. The maximum atomic E-state index is 14.0. The van der Waals surface area contributed by atoms with Crippen LogP contribution >= 0.6 is 0 Å². The summed E-state index contributed by atoms with van der Waals surface area (Å²) in [7, 11) is 0. The van der Waals surface area contributed by atoms with Crippen LogP contribution in [0.3, 0.4) is 0 Å². The second-order valence-electron chi connectivity index (χ2n) is 5.52. The Balaban J connectivity index is 2.30. The van der Waals surface area contributed by atoms with Gasteiger partial charge in [-0.05, 0) is 39.4 Å². The molecule has 1 atom stereocenters. The van der Waals surface area contributed by atoms with Gasteiger partial charge in [0.25, 0.3) is 5.92 Å². The lowest BCUT2D eigenvalue weighted by Crippen LogP contribution is -2.37. The largest absolute Gasteiger partial charge is 0.308 e. The summed E-state index contributed by atoms with van der Waals surface area (Å²) in [4.78, 5) is 2.35. The topological polar surface area (TPSA) is 15.3 Å². The minimum Gasteiger partial charge on any atom is -0.308 e. The van der Waals surface area contributed by atoms with Crippen LogP contribution in [0.1, 0.15) is 39.2 Å². The summed E-state index contributed by atoms with van der Waals surface area (Å²) in [5.41, 5.74) is 0.0767. The van der Waals surface area contributed by atoms with Crippen LogP contribution in [0.2, 0.25) is 0 Å². The van der Waals surface area contributed by atoms with Crippen LogP contribution in [0.25, 0.3) is 0 Å². The first-order valence-corrected chi connectivity index (χ1v) is 7.88. The molecule has 2 nitrogen and oxygen atoms in total. The van der Waals surface area contributed by atoms with Crippen LogP contribution in [0.4, 0.5) is 8.78 Å². The highest BCUT2D eigenvalue weighted by Gasteiger charge is 2.31. The Bertz CT molecular complexity index is 378. The zero-order chi connectivity index (χ0) is 15.7. The number of halogens is 2. The van der Waals surface area contributed by atoms with Crippen molar-refractivity contribution < 1.29 is 8.78 Å². The number of alkyl halides is 2. The number of benzene rings is 1. The molecule has 0 aliphatic heterocycles. The van der Waals surface area contributed by atoms with Gasteiger partial charge in [-0.3, -0.25) is 0 Å². The first-order valence-electron chi connectivity index (χ1n) is 7.88. The fourth-order valence-corrected chi connectivity index (χ4v) is 2.35. The second-order valence-corrected chi connectivity index (χ2v) is 5.52. The van der Waals surface area contributed by atoms with E-state index in [9.17, 15) is 8.78 Å². The van der Waals surface area contributed by atoms with E-state index in [1.54, 1.807) is 18.2 Å². The number of nitrogens with zero attached hydrogens (tertiary/aromatic N) is 1. The monoisotopic (exact) mass is 298 g/mol. The number of rotatable bonds is 10. The van der Waals surface area contributed by atoms with E-state index in [1.165, 1.54) is 12.1 Å². The summed E-state index contributed by atoms with van der Waals surface area (Å²) in [5.74, 6) is -2.81. The molecule has 0 aliphatic carbocycles. The SMILES string of the molecule is CCN(CC)CCCC(C)NCC(F)(F)c1ccccc1. The fourth-order valence-electron chi connectivity index (χ4n) is 2.35. The minimum absolute atomic E-state index is 0.0767. The quantitative estimate of drug-likeness (QED) is 0.705. The Kier molecular flexibility index (Phi) is 7.83. The molecule has 0 aliphatic rings. The molecule has 1 N–H and O–H groups in total. The molecule has 1 unspecified atom stereocenters. The molecule has 0 aromatic heterocycles. The molecule has 0 saturated carbocycles. The lowest BCUT2D eigenvalue weighted by molar-refractivity contribution is -0.00557. The van der Waals surface area contributed by atoms with Crippen molar-refractivity contribution in [2.75, 3.05) is 26.2 Å². The smallest absolute Gasteiger partial charge is 0.285 e. The third-order valence-electron chi connectivity index (χ3n) is 3.87. The summed E-state index contributed by atoms with van der Waals surface area (Å²) in [6.45, 7) is 9.09. The van der Waals surface area contributed by atoms with E-state index in [1.807, 2.05) is 6.92 Å². The molecule has 1 rings (SSSR count). The lowest BCUT2D eigenvalue weighted by Gasteiger charge is -2.22. The third kappa shape index (κ3) is 6.53. The summed E-state index contributed by atoms with van der Waals surface area (Å²) < 4.78 is 28.0. The van der Waals surface area contributed by atoms with Gasteiger partial charge in [0.05, 0.1) is 6.54 Å². The van der Waals surface area contributed by atoms with Crippen molar-refractivity contribution in [1.82, 2.24) is 10.2 Å². The Morgan fingerprint density at radius 1 is 1.14 bits per heavy atom. The van der Waals surface area contributed by atoms with Crippen LogP contribution in [0.15, 0.2) is 30.3 Å². The normalized spacial score (nSPS) is 13.6. The summed E-state index contributed by atoms with van der Waals surface area (Å²) in [5, 5.41) is 2.96. The molecular weight excluding hydrogens is 270 g/mol. The molecule has 0 saturated heterocycles. The van der Waals surface area contributed by atoms with Crippen LogP contribution < -0.4 is 5.32 Å². The van der Waals surface area contributed by atoms with Crippen molar-refractivity contribution >= 4 is 0 Å². The van der Waals surface area contributed by atoms with Gasteiger partial charge in [0.2, 0.25) is 0 Å². The van der Waals surface area contributed by atoms with Crippen LogP contribution in [0, 0.1) is 0 Å². The first-order chi connectivity index (χ1) is 9.99. The summed E-state index contributed by atoms with van der Waals surface area (Å²) in [6.07, 6.45) is 1.95. The molecule has 21 heavy (non-hydrogen) atoms. The average Bonchev–Trinajstić information content (AvgIpc) is 2.50. The summed E-state index contributed by atoms with van der Waals surface area (Å²) >= 11 is 0. The molecule has 0 bridgehead atoms. The van der Waals surface area contributed by atoms with Crippen molar-refractivity contribution in [3.05, 3.63) is 35.9 Å². The van der Waals surface area contributed by atoms with Crippen LogP contribution in [-0.4, -0.2) is 37.1 Å². The second kappa shape index (κ2) is 9.11. The fraction of sp³-hybridized carbons (Fsp3) is 0.647. The van der Waals surface area contributed by atoms with Gasteiger partial charge < -0.3 is 10.2 Å². The predicted octanol–water partition coefficient (Wildman–Crippen LogP) is 3.88. The zero-order valence-electron chi connectivity index (χ0n) is 13.4. The molecule has 1 aromatic carbocycles. The van der Waals surface area contributed by atoms with Gasteiger partial charge in [0.1, 0.15) is 0 Å². The van der Waals surface area contributed by atoms with Crippen molar-refractivity contribution in [2.24, 2.45) is 0 Å². The highest BCUT2D eigenvalue weighted by molar-refractivity contribution is 5.20. The molecule has 4 heteroatoms. The Labute approximate surface area is 127 Å². The van der Waals surface area contributed by atoms with E-state index in [4.69, 9.17) is 0 Å². The van der Waals surface area contributed by atoms with Gasteiger partial charge in [-0.2, -0.15) is 8.78 Å². The van der Waals surface area contributed by atoms with Crippen molar-refractivity contribution in [3.63, 3.8) is 0 Å². The van der Waals surface area contributed by atoms with E-state index in [0.717, 1.165) is 32.5 Å². The van der Waals surface area contributed by atoms with Crippen molar-refractivity contribution in [1.29, 1.82) is 0 Å². The van der Waals surface area contributed by atoms with Crippen LogP contribution in [0.5, 0.6) is 0 Å².